The van der Waals surface area contributed by atoms with E-state index in [0.29, 0.717) is 0 Å². The molecule has 14 heavy (non-hydrogen) atoms. The van der Waals surface area contributed by atoms with Gasteiger partial charge in [-0.05, 0) is 18.8 Å². The van der Waals surface area contributed by atoms with Gasteiger partial charge in [0.1, 0.15) is 5.78 Å². The minimum absolute atomic E-state index is 0.0786. The van der Waals surface area contributed by atoms with E-state index < -0.39 is 0 Å². The van der Waals surface area contributed by atoms with E-state index in [1.807, 2.05) is 27.7 Å². The second-order valence-corrected chi connectivity index (χ2v) is 3.98. The number of ketones is 1. The Labute approximate surface area is 90.3 Å². The smallest absolute Gasteiger partial charge is 0.146 e. The molecule has 0 fully saturated rings. The zero-order valence-electron chi connectivity index (χ0n) is 11.3. The first-order valence-corrected chi connectivity index (χ1v) is 5.59. The highest BCUT2D eigenvalue weighted by atomic mass is 16.1. The third-order valence-electron chi connectivity index (χ3n) is 1.35. The predicted molar refractivity (Wildman–Crippen MR) is 65.4 cm³/mol. The molecule has 88 valence electrons. The van der Waals surface area contributed by atoms with E-state index in [4.69, 9.17) is 5.73 Å². The van der Waals surface area contributed by atoms with E-state index in [-0.39, 0.29) is 17.2 Å². The number of rotatable bonds is 2. The Bertz CT molecular complexity index is 125. The first-order valence-electron chi connectivity index (χ1n) is 5.59. The van der Waals surface area contributed by atoms with E-state index in [9.17, 15) is 4.79 Å². The summed E-state index contributed by atoms with van der Waals surface area (Å²) in [6, 6.07) is -0.278. The minimum atomic E-state index is -0.278. The molecular formula is C12H29NO. The largest absolute Gasteiger partial charge is 0.322 e. The Morgan fingerprint density at radius 1 is 1.14 bits per heavy atom. The molecule has 0 spiro atoms. The SMILES string of the molecule is CC.CC.CC(=O)C(N)CC(C)(C)C. The molecule has 0 bridgehead atoms. The minimum Gasteiger partial charge on any atom is -0.322 e. The van der Waals surface area contributed by atoms with Gasteiger partial charge in [0.25, 0.3) is 0 Å². The number of nitrogens with two attached hydrogens (primary N) is 1. The molecule has 1 unspecified atom stereocenters. The maximum absolute atomic E-state index is 10.7. The second kappa shape index (κ2) is 10.7. The van der Waals surface area contributed by atoms with Crippen molar-refractivity contribution in [3.8, 4) is 0 Å². The summed E-state index contributed by atoms with van der Waals surface area (Å²) in [6.45, 7) is 15.8. The van der Waals surface area contributed by atoms with Gasteiger partial charge in [-0.15, -0.1) is 0 Å². The van der Waals surface area contributed by atoms with Gasteiger partial charge in [-0.25, -0.2) is 0 Å². The summed E-state index contributed by atoms with van der Waals surface area (Å²) in [5.41, 5.74) is 5.71. The standard InChI is InChI=1S/C8H17NO.2C2H6/c1-6(10)7(9)5-8(2,3)4;2*1-2/h7H,5,9H2,1-4H3;2*1-2H3. The molecular weight excluding hydrogens is 174 g/mol. The van der Waals surface area contributed by atoms with Crippen molar-refractivity contribution in [2.24, 2.45) is 11.1 Å². The van der Waals surface area contributed by atoms with Gasteiger partial charge in [0.15, 0.2) is 0 Å². The Morgan fingerprint density at radius 2 is 1.43 bits per heavy atom. The van der Waals surface area contributed by atoms with Gasteiger partial charge in [-0.1, -0.05) is 48.5 Å². The summed E-state index contributed by atoms with van der Waals surface area (Å²) in [5, 5.41) is 0. The molecule has 0 rings (SSSR count). The third-order valence-corrected chi connectivity index (χ3v) is 1.35. The Hall–Kier alpha value is -0.370. The molecule has 0 radical (unpaired) electrons. The van der Waals surface area contributed by atoms with Crippen molar-refractivity contribution in [3.63, 3.8) is 0 Å². The van der Waals surface area contributed by atoms with E-state index in [0.717, 1.165) is 6.42 Å². The van der Waals surface area contributed by atoms with Crippen molar-refractivity contribution >= 4 is 5.78 Å². The molecule has 0 aliphatic heterocycles. The summed E-state index contributed by atoms with van der Waals surface area (Å²) < 4.78 is 0. The Balaban J connectivity index is -0.000000266. The Kier molecular flexibility index (Phi) is 14.7. The Morgan fingerprint density at radius 3 is 1.50 bits per heavy atom. The number of Topliss-reactive ketones (excluding diaryl/α,β-unsaturated/α-hetero) is 1. The number of hydrogen-bond donors (Lipinski definition) is 1. The fourth-order valence-corrected chi connectivity index (χ4v) is 0.803. The lowest BCUT2D eigenvalue weighted by atomic mass is 9.87. The molecule has 0 aromatic carbocycles. The van der Waals surface area contributed by atoms with Gasteiger partial charge < -0.3 is 5.73 Å². The van der Waals surface area contributed by atoms with Crippen LogP contribution in [0.4, 0.5) is 0 Å². The molecule has 0 saturated carbocycles. The fourth-order valence-electron chi connectivity index (χ4n) is 0.803. The summed E-state index contributed by atoms with van der Waals surface area (Å²) in [5.74, 6) is 0.0786. The van der Waals surface area contributed by atoms with Crippen molar-refractivity contribution in [3.05, 3.63) is 0 Å². The maximum atomic E-state index is 10.7. The van der Waals surface area contributed by atoms with Crippen LogP contribution in [-0.2, 0) is 4.79 Å². The van der Waals surface area contributed by atoms with E-state index >= 15 is 0 Å². The van der Waals surface area contributed by atoms with Gasteiger partial charge in [0, 0.05) is 0 Å². The lowest BCUT2D eigenvalue weighted by molar-refractivity contribution is -0.118. The molecule has 0 aliphatic carbocycles. The maximum Gasteiger partial charge on any atom is 0.146 e. The monoisotopic (exact) mass is 203 g/mol. The summed E-state index contributed by atoms with van der Waals surface area (Å²) >= 11 is 0. The van der Waals surface area contributed by atoms with Crippen LogP contribution >= 0.6 is 0 Å². The average Bonchev–Trinajstić information content (AvgIpc) is 2.08. The van der Waals surface area contributed by atoms with Crippen LogP contribution < -0.4 is 5.73 Å². The van der Waals surface area contributed by atoms with E-state index in [2.05, 4.69) is 20.8 Å². The van der Waals surface area contributed by atoms with Crippen molar-refractivity contribution < 1.29 is 4.79 Å². The molecule has 0 aromatic rings. The van der Waals surface area contributed by atoms with Crippen LogP contribution in [0.1, 0.15) is 61.8 Å². The van der Waals surface area contributed by atoms with Crippen LogP contribution in [0.25, 0.3) is 0 Å². The van der Waals surface area contributed by atoms with Crippen LogP contribution in [0, 0.1) is 5.41 Å². The van der Waals surface area contributed by atoms with Crippen molar-refractivity contribution in [2.75, 3.05) is 0 Å². The molecule has 0 aromatic heterocycles. The van der Waals surface area contributed by atoms with Crippen LogP contribution in [0.5, 0.6) is 0 Å². The first-order chi connectivity index (χ1) is 6.33. The number of carbonyl (C=O) groups is 1. The molecule has 2 heteroatoms. The lowest BCUT2D eigenvalue weighted by Gasteiger charge is -2.21. The van der Waals surface area contributed by atoms with Gasteiger partial charge in [0.05, 0.1) is 6.04 Å². The first kappa shape index (κ1) is 19.2. The van der Waals surface area contributed by atoms with Crippen LogP contribution in [0.15, 0.2) is 0 Å². The zero-order valence-corrected chi connectivity index (χ0v) is 11.3. The van der Waals surface area contributed by atoms with E-state index in [1.165, 1.54) is 6.92 Å². The normalized spacial score (nSPS) is 11.5. The molecule has 0 saturated heterocycles. The zero-order chi connectivity index (χ0) is 12.4. The molecule has 0 amide bonds. The summed E-state index contributed by atoms with van der Waals surface area (Å²) in [6.07, 6.45) is 0.766. The topological polar surface area (TPSA) is 43.1 Å². The van der Waals surface area contributed by atoms with Gasteiger partial charge in [0.2, 0.25) is 0 Å². The van der Waals surface area contributed by atoms with Gasteiger partial charge in [-0.3, -0.25) is 4.79 Å². The van der Waals surface area contributed by atoms with Crippen molar-refractivity contribution in [1.29, 1.82) is 0 Å². The third kappa shape index (κ3) is 17.6. The average molecular weight is 203 g/mol. The lowest BCUT2D eigenvalue weighted by Crippen LogP contribution is -2.32. The van der Waals surface area contributed by atoms with Crippen molar-refractivity contribution in [1.82, 2.24) is 0 Å². The molecule has 1 atom stereocenters. The highest BCUT2D eigenvalue weighted by molar-refractivity contribution is 5.81. The van der Waals surface area contributed by atoms with Crippen LogP contribution in [-0.4, -0.2) is 11.8 Å². The summed E-state index contributed by atoms with van der Waals surface area (Å²) in [7, 11) is 0. The van der Waals surface area contributed by atoms with Crippen LogP contribution in [0.3, 0.4) is 0 Å². The molecule has 2 N–H and O–H groups in total. The molecule has 0 aliphatic rings. The number of carbonyl (C=O) groups excluding carboxylic acids is 1. The van der Waals surface area contributed by atoms with Gasteiger partial charge in [-0.2, -0.15) is 0 Å². The highest BCUT2D eigenvalue weighted by Gasteiger charge is 2.17. The van der Waals surface area contributed by atoms with E-state index in [1.54, 1.807) is 0 Å². The fraction of sp³-hybridized carbons (Fsp3) is 0.917. The highest BCUT2D eigenvalue weighted by Crippen LogP contribution is 2.19. The summed E-state index contributed by atoms with van der Waals surface area (Å²) in [4.78, 5) is 10.7. The second-order valence-electron chi connectivity index (χ2n) is 3.98. The van der Waals surface area contributed by atoms with Crippen LogP contribution in [0.2, 0.25) is 0 Å². The number of hydrogen-bond acceptors (Lipinski definition) is 2. The predicted octanol–water partition coefficient (Wildman–Crippen LogP) is 3.39. The quantitative estimate of drug-likeness (QED) is 0.747. The van der Waals surface area contributed by atoms with Crippen molar-refractivity contribution in [2.45, 2.75) is 67.9 Å². The van der Waals surface area contributed by atoms with Gasteiger partial charge >= 0.3 is 0 Å². The molecule has 2 nitrogen and oxygen atoms in total. The molecule has 0 heterocycles.